The van der Waals surface area contributed by atoms with Crippen LogP contribution < -0.4 is 4.74 Å². The number of fused-ring (bicyclic) bond motifs is 1. The number of methoxy groups -OCH3 is 1. The molecular formula is C22H15ClO3. The second-order valence-electron chi connectivity index (χ2n) is 5.85. The summed E-state index contributed by atoms with van der Waals surface area (Å²) in [6.45, 7) is 0. The molecule has 0 saturated heterocycles. The molecule has 0 bridgehead atoms. The van der Waals surface area contributed by atoms with Crippen LogP contribution >= 0.6 is 11.6 Å². The minimum Gasteiger partial charge on any atom is -0.497 e. The lowest BCUT2D eigenvalue weighted by Crippen LogP contribution is -2.02. The molecular weight excluding hydrogens is 348 g/mol. The third kappa shape index (κ3) is 2.76. The highest BCUT2D eigenvalue weighted by molar-refractivity contribution is 6.36. The van der Waals surface area contributed by atoms with Crippen LogP contribution in [0.15, 0.2) is 77.2 Å². The smallest absolute Gasteiger partial charge is 0.197 e. The van der Waals surface area contributed by atoms with Crippen LogP contribution in [0.2, 0.25) is 5.02 Å². The van der Waals surface area contributed by atoms with Gasteiger partial charge in [0.15, 0.2) is 11.4 Å². The molecule has 0 amide bonds. The highest BCUT2D eigenvalue weighted by atomic mass is 35.5. The Balaban J connectivity index is 2.04. The molecule has 4 heteroatoms. The molecule has 4 aromatic rings. The lowest BCUT2D eigenvalue weighted by Gasteiger charge is -2.04. The Labute approximate surface area is 155 Å². The molecule has 4 rings (SSSR count). The number of hydrogen-bond acceptors (Lipinski definition) is 3. The van der Waals surface area contributed by atoms with Gasteiger partial charge in [0.1, 0.15) is 11.5 Å². The quantitative estimate of drug-likeness (QED) is 0.418. The first kappa shape index (κ1) is 16.4. The van der Waals surface area contributed by atoms with E-state index in [9.17, 15) is 4.79 Å². The van der Waals surface area contributed by atoms with E-state index in [0.29, 0.717) is 38.6 Å². The highest BCUT2D eigenvalue weighted by Gasteiger charge is 2.25. The van der Waals surface area contributed by atoms with Crippen molar-refractivity contribution in [3.63, 3.8) is 0 Å². The van der Waals surface area contributed by atoms with Crippen LogP contribution in [0.5, 0.6) is 5.75 Å². The van der Waals surface area contributed by atoms with Crippen molar-refractivity contribution in [2.45, 2.75) is 0 Å². The summed E-state index contributed by atoms with van der Waals surface area (Å²) in [6, 6.07) is 22.1. The number of carbonyl (C=O) groups excluding carboxylic acids is 1. The first-order chi connectivity index (χ1) is 12.7. The van der Waals surface area contributed by atoms with Crippen molar-refractivity contribution in [1.82, 2.24) is 0 Å². The molecule has 128 valence electrons. The van der Waals surface area contributed by atoms with Gasteiger partial charge in [-0.2, -0.15) is 0 Å². The van der Waals surface area contributed by atoms with Crippen molar-refractivity contribution < 1.29 is 13.9 Å². The Morgan fingerprint density at radius 1 is 0.962 bits per heavy atom. The summed E-state index contributed by atoms with van der Waals surface area (Å²) in [4.78, 5) is 13.3. The minimum atomic E-state index is -0.118. The van der Waals surface area contributed by atoms with Gasteiger partial charge in [0.25, 0.3) is 0 Å². The molecule has 1 aromatic heterocycles. The molecule has 0 unspecified atom stereocenters. The molecule has 0 saturated carbocycles. The van der Waals surface area contributed by atoms with Gasteiger partial charge in [-0.05, 0) is 6.07 Å². The summed E-state index contributed by atoms with van der Waals surface area (Å²) < 4.78 is 11.4. The normalized spacial score (nSPS) is 10.8. The number of rotatable bonds is 4. The standard InChI is InChI=1S/C22H15ClO3/c1-25-16-12-17-19(20(24)14-8-4-2-5-9-14)21(15-10-6-3-7-11-15)26-22(17)18(23)13-16/h2-13H,1H3. The van der Waals surface area contributed by atoms with E-state index >= 15 is 0 Å². The van der Waals surface area contributed by atoms with Crippen molar-refractivity contribution in [3.05, 3.63) is 88.9 Å². The molecule has 0 fully saturated rings. The largest absolute Gasteiger partial charge is 0.497 e. The predicted molar refractivity (Wildman–Crippen MR) is 103 cm³/mol. The Bertz CT molecular complexity index is 1080. The molecule has 0 aliphatic heterocycles. The van der Waals surface area contributed by atoms with Crippen molar-refractivity contribution in [1.29, 1.82) is 0 Å². The van der Waals surface area contributed by atoms with Gasteiger partial charge in [-0.25, -0.2) is 0 Å². The lowest BCUT2D eigenvalue weighted by atomic mass is 9.97. The maximum absolute atomic E-state index is 13.3. The fourth-order valence-electron chi connectivity index (χ4n) is 3.00. The molecule has 1 heterocycles. The Kier molecular flexibility index (Phi) is 4.23. The van der Waals surface area contributed by atoms with Gasteiger partial charge in [0.05, 0.1) is 17.7 Å². The SMILES string of the molecule is COc1cc(Cl)c2oc(-c3ccccc3)c(C(=O)c3ccccc3)c2c1. The third-order valence-corrected chi connectivity index (χ3v) is 4.53. The number of halogens is 1. The van der Waals surface area contributed by atoms with Crippen LogP contribution in [0.4, 0.5) is 0 Å². The van der Waals surface area contributed by atoms with Crippen molar-refractivity contribution in [3.8, 4) is 17.1 Å². The molecule has 0 radical (unpaired) electrons. The summed E-state index contributed by atoms with van der Waals surface area (Å²) >= 11 is 6.38. The van der Waals surface area contributed by atoms with Crippen molar-refractivity contribution in [2.24, 2.45) is 0 Å². The average molecular weight is 363 g/mol. The summed E-state index contributed by atoms with van der Waals surface area (Å²) in [5.74, 6) is 0.960. The first-order valence-electron chi connectivity index (χ1n) is 8.14. The van der Waals surface area contributed by atoms with E-state index in [0.717, 1.165) is 5.56 Å². The minimum absolute atomic E-state index is 0.118. The van der Waals surface area contributed by atoms with Gasteiger partial charge in [-0.15, -0.1) is 0 Å². The average Bonchev–Trinajstić information content (AvgIpc) is 3.08. The molecule has 26 heavy (non-hydrogen) atoms. The second kappa shape index (κ2) is 6.70. The van der Waals surface area contributed by atoms with Gasteiger partial charge < -0.3 is 9.15 Å². The van der Waals surface area contributed by atoms with Gasteiger partial charge in [0.2, 0.25) is 0 Å². The molecule has 0 aliphatic carbocycles. The van der Waals surface area contributed by atoms with Gasteiger partial charge >= 0.3 is 0 Å². The van der Waals surface area contributed by atoms with Crippen LogP contribution in [-0.2, 0) is 0 Å². The molecule has 0 aliphatic rings. The zero-order valence-electron chi connectivity index (χ0n) is 14.0. The zero-order valence-corrected chi connectivity index (χ0v) is 14.8. The second-order valence-corrected chi connectivity index (χ2v) is 6.26. The Morgan fingerprint density at radius 2 is 1.62 bits per heavy atom. The van der Waals surface area contributed by atoms with E-state index in [1.165, 1.54) is 0 Å². The number of ketones is 1. The van der Waals surface area contributed by atoms with E-state index in [4.69, 9.17) is 20.8 Å². The summed E-state index contributed by atoms with van der Waals surface area (Å²) in [7, 11) is 1.56. The van der Waals surface area contributed by atoms with Gasteiger partial charge in [-0.3, -0.25) is 4.79 Å². The Hall–Kier alpha value is -3.04. The number of hydrogen-bond donors (Lipinski definition) is 0. The predicted octanol–water partition coefficient (Wildman–Crippen LogP) is 5.99. The summed E-state index contributed by atoms with van der Waals surface area (Å²) in [5, 5.41) is 1.05. The van der Waals surface area contributed by atoms with Gasteiger partial charge in [-0.1, -0.05) is 72.3 Å². The number of furan rings is 1. The first-order valence-corrected chi connectivity index (χ1v) is 8.52. The summed E-state index contributed by atoms with van der Waals surface area (Å²) in [6.07, 6.45) is 0. The third-order valence-electron chi connectivity index (χ3n) is 4.25. The van der Waals surface area contributed by atoms with E-state index in [-0.39, 0.29) is 5.78 Å². The monoisotopic (exact) mass is 362 g/mol. The van der Waals surface area contributed by atoms with Crippen LogP contribution in [0, 0.1) is 0 Å². The van der Waals surface area contributed by atoms with E-state index in [1.54, 1.807) is 31.4 Å². The van der Waals surface area contributed by atoms with E-state index in [2.05, 4.69) is 0 Å². The molecule has 0 spiro atoms. The molecule has 3 aromatic carbocycles. The van der Waals surface area contributed by atoms with Crippen molar-refractivity contribution >= 4 is 28.4 Å². The van der Waals surface area contributed by atoms with Crippen LogP contribution in [0.25, 0.3) is 22.3 Å². The maximum Gasteiger partial charge on any atom is 0.197 e. The van der Waals surface area contributed by atoms with Crippen LogP contribution in [-0.4, -0.2) is 12.9 Å². The maximum atomic E-state index is 13.3. The molecule has 3 nitrogen and oxygen atoms in total. The van der Waals surface area contributed by atoms with Crippen molar-refractivity contribution in [2.75, 3.05) is 7.11 Å². The van der Waals surface area contributed by atoms with Crippen LogP contribution in [0.3, 0.4) is 0 Å². The number of benzene rings is 3. The fourth-order valence-corrected chi connectivity index (χ4v) is 3.25. The highest BCUT2D eigenvalue weighted by Crippen LogP contribution is 2.40. The summed E-state index contributed by atoms with van der Waals surface area (Å²) in [5.41, 5.74) is 2.37. The Morgan fingerprint density at radius 3 is 2.27 bits per heavy atom. The topological polar surface area (TPSA) is 39.4 Å². The number of ether oxygens (including phenoxy) is 1. The van der Waals surface area contributed by atoms with Gasteiger partial charge in [0, 0.05) is 22.6 Å². The lowest BCUT2D eigenvalue weighted by molar-refractivity contribution is 0.104. The fraction of sp³-hybridized carbons (Fsp3) is 0.0455. The zero-order chi connectivity index (χ0) is 18.1. The number of carbonyl (C=O) groups is 1. The molecule has 0 atom stereocenters. The van der Waals surface area contributed by atoms with E-state index < -0.39 is 0 Å². The van der Waals surface area contributed by atoms with Crippen LogP contribution in [0.1, 0.15) is 15.9 Å². The van der Waals surface area contributed by atoms with E-state index in [1.807, 2.05) is 48.5 Å². The molecule has 0 N–H and O–H groups in total.